The predicted octanol–water partition coefficient (Wildman–Crippen LogP) is 3.17. The van der Waals surface area contributed by atoms with E-state index < -0.39 is 17.6 Å². The van der Waals surface area contributed by atoms with Crippen LogP contribution >= 0.6 is 0 Å². The van der Waals surface area contributed by atoms with Crippen molar-refractivity contribution in [1.82, 2.24) is 9.78 Å². The average molecular weight is 339 g/mol. The Hall–Kier alpha value is -2.64. The second-order valence-electron chi connectivity index (χ2n) is 5.63. The number of carbonyl (C=O) groups excluding carboxylic acids is 1. The summed E-state index contributed by atoms with van der Waals surface area (Å²) >= 11 is 0. The number of hydrogen-bond donors (Lipinski definition) is 1. The Kier molecular flexibility index (Phi) is 5.06. The van der Waals surface area contributed by atoms with Crippen LogP contribution in [-0.4, -0.2) is 15.7 Å². The van der Waals surface area contributed by atoms with Gasteiger partial charge in [0.2, 0.25) is 0 Å². The number of rotatable bonds is 4. The first-order valence-corrected chi connectivity index (χ1v) is 7.24. The standard InChI is InChI=1S/C16H16F3N3O2/c1-10(2)9-22-14(23)8-7-13(21-22)15(24)20-12-6-4-3-5-11(12)16(17,18)19/h3-8,10H,9H2,1-2H3,(H,20,24). The molecule has 0 aliphatic carbocycles. The van der Waals surface area contributed by atoms with Gasteiger partial charge in [0.25, 0.3) is 11.5 Å². The van der Waals surface area contributed by atoms with E-state index >= 15 is 0 Å². The molecule has 1 aromatic carbocycles. The highest BCUT2D eigenvalue weighted by atomic mass is 19.4. The van der Waals surface area contributed by atoms with Gasteiger partial charge in [0.05, 0.1) is 11.3 Å². The van der Waals surface area contributed by atoms with Crippen LogP contribution in [-0.2, 0) is 12.7 Å². The Labute approximate surface area is 136 Å². The number of benzene rings is 1. The zero-order valence-corrected chi connectivity index (χ0v) is 13.1. The second kappa shape index (κ2) is 6.86. The van der Waals surface area contributed by atoms with Gasteiger partial charge < -0.3 is 5.32 Å². The molecule has 8 heteroatoms. The minimum absolute atomic E-state index is 0.125. The first kappa shape index (κ1) is 17.7. The lowest BCUT2D eigenvalue weighted by Crippen LogP contribution is -2.28. The Morgan fingerprint density at radius 2 is 1.88 bits per heavy atom. The Morgan fingerprint density at radius 3 is 2.50 bits per heavy atom. The summed E-state index contributed by atoms with van der Waals surface area (Å²) in [6, 6.07) is 7.01. The summed E-state index contributed by atoms with van der Waals surface area (Å²) in [6.45, 7) is 4.06. The van der Waals surface area contributed by atoms with E-state index in [1.165, 1.54) is 24.3 Å². The fraction of sp³-hybridized carbons (Fsp3) is 0.312. The molecular formula is C16H16F3N3O2. The molecule has 0 unspecified atom stereocenters. The van der Waals surface area contributed by atoms with Gasteiger partial charge in [-0.05, 0) is 24.1 Å². The first-order chi connectivity index (χ1) is 11.2. The number of aromatic nitrogens is 2. The molecule has 1 amide bonds. The van der Waals surface area contributed by atoms with Crippen molar-refractivity contribution in [3.63, 3.8) is 0 Å². The van der Waals surface area contributed by atoms with Gasteiger partial charge in [-0.3, -0.25) is 9.59 Å². The first-order valence-electron chi connectivity index (χ1n) is 7.24. The van der Waals surface area contributed by atoms with E-state index in [0.29, 0.717) is 6.54 Å². The fourth-order valence-electron chi connectivity index (χ4n) is 2.07. The summed E-state index contributed by atoms with van der Waals surface area (Å²) in [5.74, 6) is -0.691. The van der Waals surface area contributed by atoms with Crippen LogP contribution < -0.4 is 10.9 Å². The molecule has 0 radical (unpaired) electrons. The SMILES string of the molecule is CC(C)Cn1nc(C(=O)Nc2ccccc2C(F)(F)F)ccc1=O. The van der Waals surface area contributed by atoms with Crippen LogP contribution in [0.15, 0.2) is 41.2 Å². The molecule has 24 heavy (non-hydrogen) atoms. The van der Waals surface area contributed by atoms with Crippen molar-refractivity contribution in [2.24, 2.45) is 5.92 Å². The molecule has 2 rings (SSSR count). The highest BCUT2D eigenvalue weighted by Gasteiger charge is 2.33. The van der Waals surface area contributed by atoms with E-state index in [1.54, 1.807) is 0 Å². The molecule has 0 aliphatic rings. The van der Waals surface area contributed by atoms with Gasteiger partial charge >= 0.3 is 6.18 Å². The molecule has 0 saturated heterocycles. The number of carbonyl (C=O) groups is 1. The zero-order chi connectivity index (χ0) is 17.9. The lowest BCUT2D eigenvalue weighted by atomic mass is 10.1. The van der Waals surface area contributed by atoms with Gasteiger partial charge in [-0.25, -0.2) is 4.68 Å². The number of para-hydroxylation sites is 1. The van der Waals surface area contributed by atoms with E-state index in [9.17, 15) is 22.8 Å². The minimum atomic E-state index is -4.59. The van der Waals surface area contributed by atoms with E-state index in [0.717, 1.165) is 16.8 Å². The third-order valence-corrected chi connectivity index (χ3v) is 3.12. The molecular weight excluding hydrogens is 323 g/mol. The van der Waals surface area contributed by atoms with Crippen LogP contribution in [0.5, 0.6) is 0 Å². The number of amides is 1. The summed E-state index contributed by atoms with van der Waals surface area (Å²) in [5, 5.41) is 6.11. The van der Waals surface area contributed by atoms with Crippen LogP contribution in [0.3, 0.4) is 0 Å². The third kappa shape index (κ3) is 4.21. The molecule has 0 fully saturated rings. The van der Waals surface area contributed by atoms with Crippen LogP contribution in [0.2, 0.25) is 0 Å². The van der Waals surface area contributed by atoms with Crippen LogP contribution in [0.1, 0.15) is 29.9 Å². The van der Waals surface area contributed by atoms with Crippen LogP contribution in [0.4, 0.5) is 18.9 Å². The van der Waals surface area contributed by atoms with E-state index in [2.05, 4.69) is 10.4 Å². The summed E-state index contributed by atoms with van der Waals surface area (Å²) in [4.78, 5) is 23.9. The largest absolute Gasteiger partial charge is 0.418 e. The maximum absolute atomic E-state index is 12.9. The topological polar surface area (TPSA) is 64.0 Å². The van der Waals surface area contributed by atoms with E-state index in [1.807, 2.05) is 13.8 Å². The summed E-state index contributed by atoms with van der Waals surface area (Å²) in [6.07, 6.45) is -4.59. The van der Waals surface area contributed by atoms with Gasteiger partial charge in [-0.2, -0.15) is 18.3 Å². The van der Waals surface area contributed by atoms with Gasteiger partial charge in [0.1, 0.15) is 5.69 Å². The van der Waals surface area contributed by atoms with Crippen molar-refractivity contribution < 1.29 is 18.0 Å². The smallest absolute Gasteiger partial charge is 0.320 e. The third-order valence-electron chi connectivity index (χ3n) is 3.12. The summed E-state index contributed by atoms with van der Waals surface area (Å²) in [7, 11) is 0. The van der Waals surface area contributed by atoms with E-state index in [-0.39, 0.29) is 22.9 Å². The van der Waals surface area contributed by atoms with Gasteiger partial charge in [-0.15, -0.1) is 0 Å². The maximum Gasteiger partial charge on any atom is 0.418 e. The monoisotopic (exact) mass is 339 g/mol. The maximum atomic E-state index is 12.9. The normalized spacial score (nSPS) is 11.6. The molecule has 0 atom stereocenters. The number of nitrogens with zero attached hydrogens (tertiary/aromatic N) is 2. The van der Waals surface area contributed by atoms with Crippen molar-refractivity contribution in [2.45, 2.75) is 26.6 Å². The van der Waals surface area contributed by atoms with Gasteiger partial charge in [0.15, 0.2) is 0 Å². The number of anilines is 1. The summed E-state index contributed by atoms with van der Waals surface area (Å²) < 4.78 is 40.0. The number of alkyl halides is 3. The quantitative estimate of drug-likeness (QED) is 0.930. The Morgan fingerprint density at radius 1 is 1.21 bits per heavy atom. The minimum Gasteiger partial charge on any atom is -0.320 e. The van der Waals surface area contributed by atoms with Gasteiger partial charge in [-0.1, -0.05) is 26.0 Å². The molecule has 0 bridgehead atoms. The molecule has 0 aliphatic heterocycles. The Bertz CT molecular complexity index is 798. The molecule has 1 aromatic heterocycles. The highest BCUT2D eigenvalue weighted by molar-refractivity contribution is 6.03. The van der Waals surface area contributed by atoms with Crippen molar-refractivity contribution in [3.8, 4) is 0 Å². The molecule has 0 spiro atoms. The molecule has 1 heterocycles. The highest BCUT2D eigenvalue weighted by Crippen LogP contribution is 2.34. The molecule has 0 saturated carbocycles. The fourth-order valence-corrected chi connectivity index (χ4v) is 2.07. The zero-order valence-electron chi connectivity index (χ0n) is 13.1. The molecule has 2 aromatic rings. The van der Waals surface area contributed by atoms with Crippen LogP contribution in [0, 0.1) is 5.92 Å². The number of nitrogens with one attached hydrogen (secondary N) is 1. The van der Waals surface area contributed by atoms with Crippen molar-refractivity contribution in [3.05, 3.63) is 58.0 Å². The number of halogens is 3. The predicted molar refractivity (Wildman–Crippen MR) is 82.7 cm³/mol. The van der Waals surface area contributed by atoms with Crippen LogP contribution in [0.25, 0.3) is 0 Å². The molecule has 128 valence electrons. The lowest BCUT2D eigenvalue weighted by molar-refractivity contribution is -0.136. The summed E-state index contributed by atoms with van der Waals surface area (Å²) in [5.41, 5.74) is -1.82. The van der Waals surface area contributed by atoms with E-state index in [4.69, 9.17) is 0 Å². The Balaban J connectivity index is 2.30. The second-order valence-corrected chi connectivity index (χ2v) is 5.63. The van der Waals surface area contributed by atoms with Crippen molar-refractivity contribution in [2.75, 3.05) is 5.32 Å². The van der Waals surface area contributed by atoms with Crippen molar-refractivity contribution >= 4 is 11.6 Å². The molecule has 5 nitrogen and oxygen atoms in total. The average Bonchev–Trinajstić information content (AvgIpc) is 2.48. The van der Waals surface area contributed by atoms with Gasteiger partial charge in [0, 0.05) is 12.6 Å². The van der Waals surface area contributed by atoms with Crippen molar-refractivity contribution in [1.29, 1.82) is 0 Å². The number of hydrogen-bond acceptors (Lipinski definition) is 3. The molecule has 1 N–H and O–H groups in total. The lowest BCUT2D eigenvalue weighted by Gasteiger charge is -2.14.